The third-order valence-electron chi connectivity index (χ3n) is 2.61. The van der Waals surface area contributed by atoms with E-state index in [-0.39, 0.29) is 23.9 Å². The van der Waals surface area contributed by atoms with E-state index in [0.29, 0.717) is 0 Å². The molecule has 1 amide bonds. The Hall–Kier alpha value is -3.56. The maximum atomic E-state index is 11.9. The molecule has 0 unspecified atom stereocenters. The second-order valence-electron chi connectivity index (χ2n) is 4.14. The molecule has 2 rings (SSSR count). The zero-order valence-corrected chi connectivity index (χ0v) is 11.9. The minimum absolute atomic E-state index is 0.0134. The summed E-state index contributed by atoms with van der Waals surface area (Å²) in [5.74, 6) is -0.695. The van der Waals surface area contributed by atoms with E-state index in [1.807, 2.05) is 0 Å². The van der Waals surface area contributed by atoms with E-state index < -0.39 is 16.5 Å². The van der Waals surface area contributed by atoms with Crippen molar-refractivity contribution < 1.29 is 9.72 Å². The lowest BCUT2D eigenvalue weighted by atomic mass is 10.3. The fourth-order valence-corrected chi connectivity index (χ4v) is 1.62. The average Bonchev–Trinajstić information content (AvgIpc) is 2.58. The molecule has 3 N–H and O–H groups in total. The number of nitro groups is 1. The molecule has 0 aromatic carbocycles. The van der Waals surface area contributed by atoms with Crippen LogP contribution in [0.3, 0.4) is 0 Å². The standard InChI is InChI=1S/C13H13N7O3/c1-2-6-15-11-10(20(22)23)12(17-8-16-11)18-19-13(21)9-5-3-4-7-14-9/h2-5,7-8H,1,6H2,(H,19,21)(H2,15,16,17,18). The van der Waals surface area contributed by atoms with Crippen LogP contribution in [-0.2, 0) is 0 Å². The minimum atomic E-state index is -0.652. The molecule has 10 heteroatoms. The van der Waals surface area contributed by atoms with Crippen molar-refractivity contribution in [1.82, 2.24) is 20.4 Å². The summed E-state index contributed by atoms with van der Waals surface area (Å²) in [5.41, 5.74) is 4.47. The van der Waals surface area contributed by atoms with Crippen LogP contribution in [-0.4, -0.2) is 32.3 Å². The molecule has 0 spiro atoms. The molecule has 0 bridgehead atoms. The molecule has 10 nitrogen and oxygen atoms in total. The van der Waals surface area contributed by atoms with Crippen molar-refractivity contribution in [3.63, 3.8) is 0 Å². The molecule has 0 aliphatic carbocycles. The molecule has 118 valence electrons. The number of carbonyl (C=O) groups is 1. The first-order valence-corrected chi connectivity index (χ1v) is 6.45. The van der Waals surface area contributed by atoms with Gasteiger partial charge < -0.3 is 5.32 Å². The fraction of sp³-hybridized carbons (Fsp3) is 0.0769. The largest absolute Gasteiger partial charge is 0.361 e. The van der Waals surface area contributed by atoms with Gasteiger partial charge in [0, 0.05) is 12.7 Å². The van der Waals surface area contributed by atoms with Crippen molar-refractivity contribution in [2.24, 2.45) is 0 Å². The molecule has 23 heavy (non-hydrogen) atoms. The first-order chi connectivity index (χ1) is 11.1. The lowest BCUT2D eigenvalue weighted by Gasteiger charge is -2.09. The Morgan fingerprint density at radius 2 is 2.09 bits per heavy atom. The maximum absolute atomic E-state index is 11.9. The lowest BCUT2D eigenvalue weighted by Crippen LogP contribution is -2.31. The number of nitrogens with one attached hydrogen (secondary N) is 3. The van der Waals surface area contributed by atoms with Gasteiger partial charge in [0.25, 0.3) is 5.91 Å². The zero-order valence-electron chi connectivity index (χ0n) is 11.9. The number of pyridine rings is 1. The molecule has 2 aromatic heterocycles. The van der Waals surface area contributed by atoms with E-state index in [0.717, 1.165) is 6.33 Å². The summed E-state index contributed by atoms with van der Waals surface area (Å²) in [5, 5.41) is 13.9. The van der Waals surface area contributed by atoms with Gasteiger partial charge in [-0.3, -0.25) is 30.7 Å². The van der Waals surface area contributed by atoms with Crippen molar-refractivity contribution >= 4 is 23.2 Å². The van der Waals surface area contributed by atoms with Crippen LogP contribution in [0.5, 0.6) is 0 Å². The number of hydrogen-bond acceptors (Lipinski definition) is 8. The Labute approximate surface area is 130 Å². The van der Waals surface area contributed by atoms with Crippen LogP contribution in [0, 0.1) is 10.1 Å². The summed E-state index contributed by atoms with van der Waals surface area (Å²) in [6.45, 7) is 3.80. The van der Waals surface area contributed by atoms with Crippen LogP contribution in [0.1, 0.15) is 10.5 Å². The molecule has 0 saturated carbocycles. The quantitative estimate of drug-likeness (QED) is 0.393. The predicted molar refractivity (Wildman–Crippen MR) is 82.7 cm³/mol. The first kappa shape index (κ1) is 15.8. The molecule has 2 aromatic rings. The second kappa shape index (κ2) is 7.45. The van der Waals surface area contributed by atoms with Crippen molar-refractivity contribution in [1.29, 1.82) is 0 Å². The molecular weight excluding hydrogens is 302 g/mol. The average molecular weight is 315 g/mol. The fourth-order valence-electron chi connectivity index (χ4n) is 1.62. The van der Waals surface area contributed by atoms with Gasteiger partial charge in [-0.05, 0) is 12.1 Å². The maximum Gasteiger partial charge on any atom is 0.354 e. The third-order valence-corrected chi connectivity index (χ3v) is 2.61. The Kier molecular flexibility index (Phi) is 5.12. The van der Waals surface area contributed by atoms with Gasteiger partial charge >= 0.3 is 5.69 Å². The van der Waals surface area contributed by atoms with E-state index in [4.69, 9.17) is 0 Å². The molecule has 0 fully saturated rings. The molecule has 0 aliphatic rings. The van der Waals surface area contributed by atoms with E-state index in [1.54, 1.807) is 12.1 Å². The zero-order chi connectivity index (χ0) is 16.7. The summed E-state index contributed by atoms with van der Waals surface area (Å²) in [7, 11) is 0. The van der Waals surface area contributed by atoms with Crippen molar-refractivity contribution in [3.05, 3.63) is 59.2 Å². The van der Waals surface area contributed by atoms with Gasteiger partial charge in [-0.2, -0.15) is 0 Å². The van der Waals surface area contributed by atoms with E-state index in [2.05, 4.69) is 37.7 Å². The molecule has 0 aliphatic heterocycles. The van der Waals surface area contributed by atoms with Gasteiger partial charge in [0.1, 0.15) is 12.0 Å². The molecular formula is C13H13N7O3. The van der Waals surface area contributed by atoms with Crippen LogP contribution in [0.15, 0.2) is 43.4 Å². The molecule has 0 atom stereocenters. The topological polar surface area (TPSA) is 135 Å². The van der Waals surface area contributed by atoms with Crippen molar-refractivity contribution in [2.45, 2.75) is 0 Å². The number of carbonyl (C=O) groups excluding carboxylic acids is 1. The highest BCUT2D eigenvalue weighted by Gasteiger charge is 2.23. The summed E-state index contributed by atoms with van der Waals surface area (Å²) in [6.07, 6.45) is 4.12. The second-order valence-corrected chi connectivity index (χ2v) is 4.14. The van der Waals surface area contributed by atoms with Gasteiger partial charge in [-0.15, -0.1) is 6.58 Å². The lowest BCUT2D eigenvalue weighted by molar-refractivity contribution is -0.383. The van der Waals surface area contributed by atoms with Crippen LogP contribution >= 0.6 is 0 Å². The molecule has 0 radical (unpaired) electrons. The SMILES string of the molecule is C=CCNc1ncnc(NNC(=O)c2ccccn2)c1[N+](=O)[O-]. The summed E-state index contributed by atoms with van der Waals surface area (Å²) >= 11 is 0. The van der Waals surface area contributed by atoms with Gasteiger partial charge in [0.05, 0.1) is 4.92 Å². The van der Waals surface area contributed by atoms with Crippen LogP contribution in [0.4, 0.5) is 17.3 Å². The van der Waals surface area contributed by atoms with Crippen LogP contribution in [0.25, 0.3) is 0 Å². The van der Waals surface area contributed by atoms with Crippen LogP contribution < -0.4 is 16.2 Å². The van der Waals surface area contributed by atoms with Crippen molar-refractivity contribution in [2.75, 3.05) is 17.3 Å². The Balaban J connectivity index is 2.17. The van der Waals surface area contributed by atoms with Crippen LogP contribution in [0.2, 0.25) is 0 Å². The summed E-state index contributed by atoms with van der Waals surface area (Å²) in [4.78, 5) is 33.9. The highest BCUT2D eigenvalue weighted by Crippen LogP contribution is 2.28. The number of aromatic nitrogens is 3. The minimum Gasteiger partial charge on any atom is -0.361 e. The number of hydrazine groups is 1. The van der Waals surface area contributed by atoms with Gasteiger partial charge in [-0.1, -0.05) is 12.1 Å². The van der Waals surface area contributed by atoms with Gasteiger partial charge in [0.2, 0.25) is 11.6 Å². The van der Waals surface area contributed by atoms with E-state index in [9.17, 15) is 14.9 Å². The predicted octanol–water partition coefficient (Wildman–Crippen LogP) is 1.13. The number of rotatable bonds is 7. The molecule has 2 heterocycles. The Bertz CT molecular complexity index is 721. The van der Waals surface area contributed by atoms with Gasteiger partial charge in [0.15, 0.2) is 0 Å². The van der Waals surface area contributed by atoms with E-state index in [1.165, 1.54) is 18.3 Å². The Morgan fingerprint density at radius 1 is 1.30 bits per heavy atom. The molecule has 0 saturated heterocycles. The van der Waals surface area contributed by atoms with Gasteiger partial charge in [-0.25, -0.2) is 9.97 Å². The highest BCUT2D eigenvalue weighted by molar-refractivity contribution is 5.93. The third kappa shape index (κ3) is 3.97. The number of anilines is 2. The van der Waals surface area contributed by atoms with Crippen molar-refractivity contribution in [3.8, 4) is 0 Å². The smallest absolute Gasteiger partial charge is 0.354 e. The summed E-state index contributed by atoms with van der Waals surface area (Å²) in [6, 6.07) is 4.81. The number of hydrogen-bond donors (Lipinski definition) is 3. The highest BCUT2D eigenvalue weighted by atomic mass is 16.6. The normalized spacial score (nSPS) is 9.74. The number of nitrogens with zero attached hydrogens (tertiary/aromatic N) is 4. The number of amides is 1. The monoisotopic (exact) mass is 315 g/mol. The first-order valence-electron chi connectivity index (χ1n) is 6.45. The Morgan fingerprint density at radius 3 is 2.74 bits per heavy atom. The summed E-state index contributed by atoms with van der Waals surface area (Å²) < 4.78 is 0. The van der Waals surface area contributed by atoms with E-state index >= 15 is 0 Å².